The van der Waals surface area contributed by atoms with Crippen molar-refractivity contribution >= 4 is 28.6 Å². The Morgan fingerprint density at radius 2 is 1.75 bits per heavy atom. The number of nitrogens with zero attached hydrogens (tertiary/aromatic N) is 6. The maximum absolute atomic E-state index is 6.24. The van der Waals surface area contributed by atoms with Crippen LogP contribution < -0.4 is 4.90 Å². The summed E-state index contributed by atoms with van der Waals surface area (Å²) in [5.74, 6) is 1.90. The minimum absolute atomic E-state index is 0.283. The monoisotopic (exact) mass is 404 g/mol. The number of piperidine rings is 1. The van der Waals surface area contributed by atoms with Crippen molar-refractivity contribution in [3.63, 3.8) is 0 Å². The van der Waals surface area contributed by atoms with E-state index in [-0.39, 0.29) is 5.28 Å². The topological polar surface area (TPSA) is 59.3 Å². The van der Waals surface area contributed by atoms with Gasteiger partial charge in [-0.1, -0.05) is 6.42 Å². The Morgan fingerprint density at radius 3 is 2.43 bits per heavy atom. The summed E-state index contributed by atoms with van der Waals surface area (Å²) in [6.45, 7) is 6.55. The zero-order valence-corrected chi connectivity index (χ0v) is 17.4. The number of anilines is 1. The summed E-state index contributed by atoms with van der Waals surface area (Å²) in [6, 6.07) is 0. The smallest absolute Gasteiger partial charge is 0.226 e. The molecule has 0 atom stereocenters. The van der Waals surface area contributed by atoms with E-state index in [1.165, 1.54) is 45.2 Å². The number of hydrogen-bond acceptors (Lipinski definition) is 6. The number of rotatable bonds is 4. The normalized spacial score (nSPS) is 22.7. The maximum atomic E-state index is 6.24. The highest BCUT2D eigenvalue weighted by atomic mass is 35.5. The van der Waals surface area contributed by atoms with Gasteiger partial charge in [-0.3, -0.25) is 0 Å². The predicted molar refractivity (Wildman–Crippen MR) is 110 cm³/mol. The molecule has 3 aliphatic rings. The molecule has 0 bridgehead atoms. The lowest BCUT2D eigenvalue weighted by atomic mass is 9.63. The van der Waals surface area contributed by atoms with Crippen LogP contribution in [-0.2, 0) is 18.2 Å². The fraction of sp³-hybridized carbons (Fsp3) is 0.750. The number of ether oxygens (including phenoxy) is 1. The molecule has 0 aromatic carbocycles. The molecule has 0 N–H and O–H groups in total. The third-order valence-electron chi connectivity index (χ3n) is 7.06. The minimum atomic E-state index is 0.283. The van der Waals surface area contributed by atoms with Crippen LogP contribution in [0, 0.1) is 5.41 Å². The molecule has 28 heavy (non-hydrogen) atoms. The molecule has 8 heteroatoms. The summed E-state index contributed by atoms with van der Waals surface area (Å²) in [7, 11) is 2.04. The number of aromatic nitrogens is 4. The number of likely N-dealkylation sites (tertiary alicyclic amines) is 1. The van der Waals surface area contributed by atoms with Gasteiger partial charge in [-0.2, -0.15) is 9.97 Å². The van der Waals surface area contributed by atoms with Gasteiger partial charge in [-0.25, -0.2) is 4.98 Å². The summed E-state index contributed by atoms with van der Waals surface area (Å²) in [5.41, 5.74) is 2.38. The van der Waals surface area contributed by atoms with Gasteiger partial charge in [-0.15, -0.1) is 0 Å². The zero-order chi connectivity index (χ0) is 19.1. The van der Waals surface area contributed by atoms with E-state index in [9.17, 15) is 0 Å². The number of morpholine rings is 1. The number of hydrogen-bond donors (Lipinski definition) is 0. The van der Waals surface area contributed by atoms with Crippen LogP contribution in [0.4, 0.5) is 5.82 Å². The van der Waals surface area contributed by atoms with Crippen molar-refractivity contribution < 1.29 is 4.74 Å². The molecule has 2 aromatic heterocycles. The molecule has 2 aliphatic heterocycles. The Morgan fingerprint density at radius 1 is 1.00 bits per heavy atom. The van der Waals surface area contributed by atoms with Gasteiger partial charge in [-0.05, 0) is 55.8 Å². The molecule has 3 fully saturated rings. The minimum Gasteiger partial charge on any atom is -0.378 e. The van der Waals surface area contributed by atoms with E-state index in [0.29, 0.717) is 18.6 Å². The van der Waals surface area contributed by atoms with E-state index in [1.807, 2.05) is 7.05 Å². The van der Waals surface area contributed by atoms with E-state index in [2.05, 4.69) is 24.3 Å². The standard InChI is InChI=1S/C20H29ClN6O/c1-25-15(3-8-26-9-6-20(7-10-26)4-2-5-20)22-16-17(25)23-19(21)24-18(16)27-11-13-28-14-12-27/h2-14H2,1H3. The quantitative estimate of drug-likeness (QED) is 0.730. The predicted octanol–water partition coefficient (Wildman–Crippen LogP) is 2.66. The molecular formula is C20H29ClN6O. The molecule has 1 saturated carbocycles. The largest absolute Gasteiger partial charge is 0.378 e. The van der Waals surface area contributed by atoms with Crippen molar-refractivity contribution in [3.8, 4) is 0 Å². The van der Waals surface area contributed by atoms with Crippen LogP contribution in [0.2, 0.25) is 5.28 Å². The second-order valence-corrected chi connectivity index (χ2v) is 8.96. The summed E-state index contributed by atoms with van der Waals surface area (Å²) < 4.78 is 7.56. The van der Waals surface area contributed by atoms with Gasteiger partial charge in [0.15, 0.2) is 17.0 Å². The molecule has 0 unspecified atom stereocenters. The molecule has 152 valence electrons. The van der Waals surface area contributed by atoms with Crippen LogP contribution in [0.3, 0.4) is 0 Å². The molecule has 1 spiro atoms. The molecule has 1 aliphatic carbocycles. The fourth-order valence-electron chi connectivity index (χ4n) is 4.97. The lowest BCUT2D eigenvalue weighted by Gasteiger charge is -2.48. The summed E-state index contributed by atoms with van der Waals surface area (Å²) in [4.78, 5) is 18.7. The van der Waals surface area contributed by atoms with Gasteiger partial charge in [0.1, 0.15) is 5.82 Å². The van der Waals surface area contributed by atoms with E-state index in [1.54, 1.807) is 0 Å². The highest BCUT2D eigenvalue weighted by Crippen LogP contribution is 2.48. The Bertz CT molecular complexity index is 848. The molecule has 2 aromatic rings. The van der Waals surface area contributed by atoms with Crippen molar-refractivity contribution in [1.29, 1.82) is 0 Å². The molecular weight excluding hydrogens is 376 g/mol. The average Bonchev–Trinajstić information content (AvgIpc) is 3.01. The van der Waals surface area contributed by atoms with Gasteiger partial charge < -0.3 is 19.1 Å². The highest BCUT2D eigenvalue weighted by Gasteiger charge is 2.39. The van der Waals surface area contributed by atoms with Crippen molar-refractivity contribution in [1.82, 2.24) is 24.4 Å². The summed E-state index contributed by atoms with van der Waals surface area (Å²) in [5, 5.41) is 0.283. The van der Waals surface area contributed by atoms with Crippen molar-refractivity contribution in [2.24, 2.45) is 12.5 Å². The lowest BCUT2D eigenvalue weighted by Crippen LogP contribution is -2.44. The second kappa shape index (κ2) is 7.43. The number of halogens is 1. The van der Waals surface area contributed by atoms with E-state index in [4.69, 9.17) is 21.3 Å². The maximum Gasteiger partial charge on any atom is 0.226 e. The number of imidazole rings is 1. The third kappa shape index (κ3) is 3.37. The molecule has 0 radical (unpaired) electrons. The van der Waals surface area contributed by atoms with Crippen LogP contribution in [0.1, 0.15) is 37.9 Å². The Hall–Kier alpha value is -1.44. The van der Waals surface area contributed by atoms with Crippen LogP contribution in [0.15, 0.2) is 0 Å². The van der Waals surface area contributed by atoms with Gasteiger partial charge in [0.2, 0.25) is 5.28 Å². The van der Waals surface area contributed by atoms with Crippen LogP contribution >= 0.6 is 11.6 Å². The highest BCUT2D eigenvalue weighted by molar-refractivity contribution is 6.28. The van der Waals surface area contributed by atoms with Crippen molar-refractivity contribution in [2.75, 3.05) is 50.8 Å². The Kier molecular flexibility index (Phi) is 4.93. The van der Waals surface area contributed by atoms with E-state index < -0.39 is 0 Å². The van der Waals surface area contributed by atoms with E-state index in [0.717, 1.165) is 48.9 Å². The first kappa shape index (κ1) is 18.6. The Balaban J connectivity index is 1.33. The average molecular weight is 405 g/mol. The lowest BCUT2D eigenvalue weighted by molar-refractivity contribution is 0.0338. The molecule has 4 heterocycles. The van der Waals surface area contributed by atoms with Crippen LogP contribution in [0.25, 0.3) is 11.2 Å². The van der Waals surface area contributed by atoms with Crippen molar-refractivity contribution in [3.05, 3.63) is 11.1 Å². The fourth-order valence-corrected chi connectivity index (χ4v) is 5.13. The zero-order valence-electron chi connectivity index (χ0n) is 16.7. The SMILES string of the molecule is Cn1c(CCN2CCC3(CCC3)CC2)nc2c(N3CCOCC3)nc(Cl)nc21. The molecule has 7 nitrogen and oxygen atoms in total. The molecule has 5 rings (SSSR count). The van der Waals surface area contributed by atoms with Crippen LogP contribution in [-0.4, -0.2) is 70.4 Å². The first-order chi connectivity index (χ1) is 13.6. The van der Waals surface area contributed by atoms with Crippen LogP contribution in [0.5, 0.6) is 0 Å². The first-order valence-electron chi connectivity index (χ1n) is 10.6. The van der Waals surface area contributed by atoms with Gasteiger partial charge in [0.05, 0.1) is 13.2 Å². The third-order valence-corrected chi connectivity index (χ3v) is 7.23. The van der Waals surface area contributed by atoms with Gasteiger partial charge >= 0.3 is 0 Å². The van der Waals surface area contributed by atoms with Gasteiger partial charge in [0, 0.05) is 33.1 Å². The summed E-state index contributed by atoms with van der Waals surface area (Å²) >= 11 is 6.24. The molecule has 2 saturated heterocycles. The van der Waals surface area contributed by atoms with Crippen molar-refractivity contribution in [2.45, 2.75) is 38.5 Å². The van der Waals surface area contributed by atoms with E-state index >= 15 is 0 Å². The second-order valence-electron chi connectivity index (χ2n) is 8.62. The Labute approximate surface area is 171 Å². The first-order valence-corrected chi connectivity index (χ1v) is 11.0. The summed E-state index contributed by atoms with van der Waals surface area (Å²) in [6.07, 6.45) is 8.02. The molecule has 0 amide bonds. The number of aryl methyl sites for hydroxylation is 1. The van der Waals surface area contributed by atoms with Gasteiger partial charge in [0.25, 0.3) is 0 Å². The number of fused-ring (bicyclic) bond motifs is 1.